The van der Waals surface area contributed by atoms with Crippen molar-refractivity contribution in [1.82, 2.24) is 0 Å². The van der Waals surface area contributed by atoms with E-state index >= 15 is 0 Å². The Balaban J connectivity index is 3.05. The van der Waals surface area contributed by atoms with Gasteiger partial charge in [0, 0.05) is 4.91 Å². The van der Waals surface area contributed by atoms with Crippen molar-refractivity contribution < 1.29 is 4.79 Å². The predicted molar refractivity (Wildman–Crippen MR) is 54.2 cm³/mol. The Hall–Kier alpha value is -2.06. The Bertz CT molecular complexity index is 399. The summed E-state index contributed by atoms with van der Waals surface area (Å²) in [5, 5.41) is 3.31. The Labute approximate surface area is 81.5 Å². The first kappa shape index (κ1) is 10.0. The molecule has 0 aliphatic heterocycles. The van der Waals surface area contributed by atoms with Crippen LogP contribution in [0.15, 0.2) is 41.1 Å². The van der Waals surface area contributed by atoms with E-state index in [0.717, 1.165) is 5.56 Å². The lowest BCUT2D eigenvalue weighted by Gasteiger charge is -1.94. The van der Waals surface area contributed by atoms with Crippen LogP contribution in [-0.2, 0) is 4.79 Å². The summed E-state index contributed by atoms with van der Waals surface area (Å²) in [6, 6.07) is 9.23. The molecular weight excluding hydrogens is 178 g/mol. The van der Waals surface area contributed by atoms with Crippen LogP contribution in [-0.4, -0.2) is 5.78 Å². The van der Waals surface area contributed by atoms with Crippen LogP contribution in [0.4, 0.5) is 0 Å². The molecule has 0 radical (unpaired) electrons. The van der Waals surface area contributed by atoms with Crippen molar-refractivity contribution in [2.24, 2.45) is 5.11 Å². The molecule has 1 rings (SSSR count). The number of Topliss-reactive ketones (excluding diaryl/α,β-unsaturated/α-hetero) is 1. The summed E-state index contributed by atoms with van der Waals surface area (Å²) in [5.41, 5.74) is 9.19. The molecular formula is C10H9N3O. The lowest BCUT2D eigenvalue weighted by molar-refractivity contribution is -0.113. The van der Waals surface area contributed by atoms with Crippen LogP contribution < -0.4 is 0 Å². The van der Waals surface area contributed by atoms with E-state index in [0.29, 0.717) is 0 Å². The van der Waals surface area contributed by atoms with Gasteiger partial charge >= 0.3 is 0 Å². The highest BCUT2D eigenvalue weighted by Crippen LogP contribution is 2.08. The van der Waals surface area contributed by atoms with Crippen LogP contribution in [0.5, 0.6) is 0 Å². The third-order valence-electron chi connectivity index (χ3n) is 1.62. The molecule has 0 amide bonds. The molecule has 70 valence electrons. The number of azide groups is 1. The summed E-state index contributed by atoms with van der Waals surface area (Å²) in [6.45, 7) is 1.36. The second kappa shape index (κ2) is 4.84. The molecule has 0 aliphatic rings. The van der Waals surface area contributed by atoms with Crippen LogP contribution in [0.3, 0.4) is 0 Å². The number of benzene rings is 1. The van der Waals surface area contributed by atoms with Gasteiger partial charge in [-0.1, -0.05) is 35.4 Å². The maximum absolute atomic E-state index is 11.0. The molecule has 14 heavy (non-hydrogen) atoms. The van der Waals surface area contributed by atoms with E-state index in [9.17, 15) is 4.79 Å². The highest BCUT2D eigenvalue weighted by Gasteiger charge is 1.99. The van der Waals surface area contributed by atoms with Crippen LogP contribution in [0, 0.1) is 0 Å². The summed E-state index contributed by atoms with van der Waals surface area (Å²) in [6.07, 6.45) is 1.56. The van der Waals surface area contributed by atoms with Gasteiger partial charge in [0.1, 0.15) is 0 Å². The van der Waals surface area contributed by atoms with Crippen molar-refractivity contribution >= 4 is 11.9 Å². The molecule has 0 aromatic heterocycles. The van der Waals surface area contributed by atoms with Gasteiger partial charge in [0.2, 0.25) is 0 Å². The van der Waals surface area contributed by atoms with Crippen molar-refractivity contribution in [1.29, 1.82) is 0 Å². The molecule has 0 unspecified atom stereocenters. The second-order valence-electron chi connectivity index (χ2n) is 2.69. The van der Waals surface area contributed by atoms with Crippen molar-refractivity contribution in [3.05, 3.63) is 52.0 Å². The molecule has 0 heterocycles. The Morgan fingerprint density at radius 1 is 1.43 bits per heavy atom. The molecule has 1 aromatic rings. The van der Waals surface area contributed by atoms with E-state index < -0.39 is 0 Å². The van der Waals surface area contributed by atoms with Gasteiger partial charge in [-0.2, -0.15) is 0 Å². The summed E-state index contributed by atoms with van der Waals surface area (Å²) < 4.78 is 0. The minimum Gasteiger partial charge on any atom is -0.295 e. The smallest absolute Gasteiger partial charge is 0.162 e. The highest BCUT2D eigenvalue weighted by molar-refractivity contribution is 5.97. The van der Waals surface area contributed by atoms with Gasteiger partial charge in [0.25, 0.3) is 0 Å². The molecule has 0 aliphatic carbocycles. The molecule has 0 atom stereocenters. The van der Waals surface area contributed by atoms with E-state index in [2.05, 4.69) is 10.0 Å². The van der Waals surface area contributed by atoms with Crippen LogP contribution in [0.2, 0.25) is 0 Å². The third kappa shape index (κ3) is 2.77. The van der Waals surface area contributed by atoms with Crippen molar-refractivity contribution in [3.8, 4) is 0 Å². The van der Waals surface area contributed by atoms with Crippen LogP contribution >= 0.6 is 0 Å². The first-order valence-electron chi connectivity index (χ1n) is 4.07. The monoisotopic (exact) mass is 187 g/mol. The van der Waals surface area contributed by atoms with Gasteiger partial charge in [-0.25, -0.2) is 0 Å². The van der Waals surface area contributed by atoms with E-state index in [4.69, 9.17) is 5.53 Å². The van der Waals surface area contributed by atoms with Gasteiger partial charge < -0.3 is 0 Å². The molecule has 0 N–H and O–H groups in total. The maximum atomic E-state index is 11.0. The summed E-state index contributed by atoms with van der Waals surface area (Å²) in [5.74, 6) is -0.244. The number of allylic oxidation sites excluding steroid dienone is 1. The lowest BCUT2D eigenvalue weighted by Crippen LogP contribution is -1.91. The number of nitrogens with zero attached hydrogens (tertiary/aromatic N) is 3. The fourth-order valence-electron chi connectivity index (χ4n) is 0.956. The quantitative estimate of drug-likeness (QED) is 0.310. The Kier molecular flexibility index (Phi) is 3.47. The molecule has 0 saturated heterocycles. The molecule has 0 saturated carbocycles. The molecule has 0 fully saturated rings. The average molecular weight is 187 g/mol. The molecule has 4 nitrogen and oxygen atoms in total. The van der Waals surface area contributed by atoms with Crippen molar-refractivity contribution in [3.63, 3.8) is 0 Å². The number of hydrogen-bond acceptors (Lipinski definition) is 2. The maximum Gasteiger partial charge on any atom is 0.162 e. The normalized spacial score (nSPS) is 10.5. The zero-order valence-corrected chi connectivity index (χ0v) is 7.71. The standard InChI is InChI=1S/C10H9N3O/c1-8(14)10(12-13-11)7-9-5-3-2-4-6-9/h2-7H,1H3/b10-7-. The number of carbonyl (C=O) groups excluding carboxylic acids is 1. The summed E-state index contributed by atoms with van der Waals surface area (Å²) in [4.78, 5) is 13.6. The fraction of sp³-hybridized carbons (Fsp3) is 0.100. The van der Waals surface area contributed by atoms with Crippen molar-refractivity contribution in [2.45, 2.75) is 6.92 Å². The van der Waals surface area contributed by atoms with Gasteiger partial charge in [-0.05, 0) is 24.1 Å². The molecule has 0 bridgehead atoms. The van der Waals surface area contributed by atoms with E-state index in [1.165, 1.54) is 6.92 Å². The Morgan fingerprint density at radius 2 is 2.07 bits per heavy atom. The first-order chi connectivity index (χ1) is 6.74. The Morgan fingerprint density at radius 3 is 2.57 bits per heavy atom. The summed E-state index contributed by atoms with van der Waals surface area (Å²) in [7, 11) is 0. The first-order valence-corrected chi connectivity index (χ1v) is 4.07. The van der Waals surface area contributed by atoms with Gasteiger partial charge in [-0.3, -0.25) is 4.79 Å². The average Bonchev–Trinajstić information content (AvgIpc) is 2.18. The van der Waals surface area contributed by atoms with Crippen LogP contribution in [0.25, 0.3) is 16.5 Å². The molecule has 1 aromatic carbocycles. The summed E-state index contributed by atoms with van der Waals surface area (Å²) >= 11 is 0. The third-order valence-corrected chi connectivity index (χ3v) is 1.62. The van der Waals surface area contributed by atoms with Crippen LogP contribution in [0.1, 0.15) is 12.5 Å². The zero-order chi connectivity index (χ0) is 10.4. The fourth-order valence-corrected chi connectivity index (χ4v) is 0.956. The minimum atomic E-state index is -0.244. The number of carbonyl (C=O) groups is 1. The van der Waals surface area contributed by atoms with E-state index in [-0.39, 0.29) is 11.5 Å². The van der Waals surface area contributed by atoms with Gasteiger partial charge in [-0.15, -0.1) is 0 Å². The van der Waals surface area contributed by atoms with E-state index in [1.54, 1.807) is 6.08 Å². The number of hydrogen-bond donors (Lipinski definition) is 0. The second-order valence-corrected chi connectivity index (χ2v) is 2.69. The minimum absolute atomic E-state index is 0.124. The number of rotatable bonds is 3. The topological polar surface area (TPSA) is 65.8 Å². The molecule has 4 heteroatoms. The highest BCUT2D eigenvalue weighted by atomic mass is 16.1. The van der Waals surface area contributed by atoms with Gasteiger partial charge in [0.15, 0.2) is 5.78 Å². The lowest BCUT2D eigenvalue weighted by atomic mass is 10.2. The molecule has 0 spiro atoms. The number of ketones is 1. The predicted octanol–water partition coefficient (Wildman–Crippen LogP) is 2.93. The van der Waals surface area contributed by atoms with Gasteiger partial charge in [0.05, 0.1) is 5.70 Å². The zero-order valence-electron chi connectivity index (χ0n) is 7.71. The SMILES string of the molecule is CC(=O)/C(=C/c1ccccc1)N=[N+]=[N-]. The van der Waals surface area contributed by atoms with Crippen molar-refractivity contribution in [2.75, 3.05) is 0 Å². The largest absolute Gasteiger partial charge is 0.295 e. The van der Waals surface area contributed by atoms with E-state index in [1.807, 2.05) is 30.3 Å².